The molecular formula is C26H34N6O5S2. The van der Waals surface area contributed by atoms with Crippen molar-refractivity contribution >= 4 is 41.6 Å². The maximum Gasteiger partial charge on any atom is 0.352 e. The van der Waals surface area contributed by atoms with Crippen LogP contribution in [0.25, 0.3) is 0 Å². The summed E-state index contributed by atoms with van der Waals surface area (Å²) in [6.07, 6.45) is 1.58. The average Bonchev–Trinajstić information content (AvgIpc) is 3.26. The number of ether oxygens (including phenoxy) is 1. The van der Waals surface area contributed by atoms with Crippen molar-refractivity contribution in [3.8, 4) is 5.75 Å². The van der Waals surface area contributed by atoms with Gasteiger partial charge in [-0.05, 0) is 44.5 Å². The van der Waals surface area contributed by atoms with E-state index in [0.717, 1.165) is 16.7 Å². The number of phenolic OH excluding ortho intramolecular Hbond substituents is 1. The molecule has 3 heterocycles. The number of rotatable bonds is 7. The fourth-order valence-electron chi connectivity index (χ4n) is 4.58. The molecule has 1 aromatic carbocycles. The summed E-state index contributed by atoms with van der Waals surface area (Å²) in [5.41, 5.74) is 0.595. The van der Waals surface area contributed by atoms with E-state index in [1.165, 1.54) is 40.2 Å². The second-order valence-electron chi connectivity index (χ2n) is 11.6. The van der Waals surface area contributed by atoms with Crippen LogP contribution < -0.4 is 0 Å². The van der Waals surface area contributed by atoms with Crippen molar-refractivity contribution in [2.45, 2.75) is 68.6 Å². The number of aromatic hydroxyl groups is 1. The van der Waals surface area contributed by atoms with Gasteiger partial charge in [0.25, 0.3) is 11.6 Å². The third-order valence-electron chi connectivity index (χ3n) is 6.71. The Morgan fingerprint density at radius 2 is 1.87 bits per heavy atom. The van der Waals surface area contributed by atoms with Crippen molar-refractivity contribution in [1.29, 1.82) is 0 Å². The fourth-order valence-corrected chi connectivity index (χ4v) is 7.00. The minimum Gasteiger partial charge on any atom is -0.507 e. The molecule has 2 aromatic rings. The van der Waals surface area contributed by atoms with Gasteiger partial charge in [0.2, 0.25) is 5.16 Å². The van der Waals surface area contributed by atoms with E-state index >= 15 is 0 Å². The molecule has 0 saturated carbocycles. The maximum atomic E-state index is 13.5. The Hall–Kier alpha value is -2.90. The number of phenols is 1. The number of tetrazole rings is 1. The lowest BCUT2D eigenvalue weighted by molar-refractivity contribution is -0.182. The molecule has 0 aliphatic carbocycles. The Morgan fingerprint density at radius 1 is 1.26 bits per heavy atom. The van der Waals surface area contributed by atoms with Crippen LogP contribution in [0.1, 0.15) is 58.2 Å². The summed E-state index contributed by atoms with van der Waals surface area (Å²) in [6, 6.07) is 3.73. The number of aromatic nitrogens is 4. The number of aliphatic carboxylic acids is 1. The molecule has 1 saturated heterocycles. The second-order valence-corrected chi connectivity index (χ2v) is 13.6. The molecule has 39 heavy (non-hydrogen) atoms. The number of methoxy groups -OCH3 is 1. The molecule has 1 aromatic heterocycles. The SMILES string of the molecule is CO[C@]1(/N=C/c2cc(C(C)(C)C)c(O)c(C(C)(C)C)c2)C(=O)N2C(C(=O)O)=C(CSc3nnnn3C)CSC21. The average molecular weight is 575 g/mol. The number of carbonyl (C=O) groups excluding carboxylic acids is 1. The lowest BCUT2D eigenvalue weighted by atomic mass is 9.78. The molecule has 1 amide bonds. The molecule has 11 nitrogen and oxygen atoms in total. The van der Waals surface area contributed by atoms with Gasteiger partial charge in [0.15, 0.2) is 0 Å². The predicted octanol–water partition coefficient (Wildman–Crippen LogP) is 3.32. The van der Waals surface area contributed by atoms with Crippen LogP contribution in [0, 0.1) is 0 Å². The molecule has 2 N–H and O–H groups in total. The molecule has 4 rings (SSSR count). The highest BCUT2D eigenvalue weighted by Gasteiger charge is 2.66. The molecule has 0 bridgehead atoms. The monoisotopic (exact) mass is 574 g/mol. The lowest BCUT2D eigenvalue weighted by Gasteiger charge is -2.53. The van der Waals surface area contributed by atoms with Gasteiger partial charge in [0, 0.05) is 43.0 Å². The number of carboxylic acids is 1. The molecule has 13 heteroatoms. The molecule has 2 aliphatic rings. The van der Waals surface area contributed by atoms with Gasteiger partial charge in [-0.3, -0.25) is 9.69 Å². The molecule has 2 atom stereocenters. The molecule has 1 fully saturated rings. The molecule has 2 aliphatic heterocycles. The van der Waals surface area contributed by atoms with E-state index in [1.54, 1.807) is 13.3 Å². The van der Waals surface area contributed by atoms with Crippen LogP contribution in [0.2, 0.25) is 0 Å². The highest BCUT2D eigenvalue weighted by molar-refractivity contribution is 8.01. The number of carbonyl (C=O) groups is 2. The number of aryl methyl sites for hydroxylation is 1. The Balaban J connectivity index is 1.67. The predicted molar refractivity (Wildman–Crippen MR) is 150 cm³/mol. The van der Waals surface area contributed by atoms with Crippen LogP contribution in [0.4, 0.5) is 0 Å². The minimum absolute atomic E-state index is 0.0519. The first-order chi connectivity index (χ1) is 18.1. The molecule has 210 valence electrons. The quantitative estimate of drug-likeness (QED) is 0.287. The van der Waals surface area contributed by atoms with Crippen LogP contribution in [0.3, 0.4) is 0 Å². The number of fused-ring (bicyclic) bond motifs is 1. The van der Waals surface area contributed by atoms with Gasteiger partial charge in [-0.1, -0.05) is 53.3 Å². The summed E-state index contributed by atoms with van der Waals surface area (Å²) in [5.74, 6) is -0.763. The number of amides is 1. The van der Waals surface area contributed by atoms with Gasteiger partial charge in [0.05, 0.1) is 0 Å². The summed E-state index contributed by atoms with van der Waals surface area (Å²) >= 11 is 2.71. The molecule has 0 radical (unpaired) electrons. The van der Waals surface area contributed by atoms with Crippen LogP contribution in [-0.4, -0.2) is 83.1 Å². The van der Waals surface area contributed by atoms with Crippen molar-refractivity contribution in [1.82, 2.24) is 25.1 Å². The van der Waals surface area contributed by atoms with Crippen LogP contribution in [0.15, 0.2) is 33.6 Å². The zero-order valence-corrected chi connectivity index (χ0v) is 25.0. The number of β-lactam (4-membered cyclic amide) rings is 1. The van der Waals surface area contributed by atoms with E-state index in [4.69, 9.17) is 4.74 Å². The van der Waals surface area contributed by atoms with Crippen molar-refractivity contribution < 1.29 is 24.5 Å². The Bertz CT molecular complexity index is 1340. The fraction of sp³-hybridized carbons (Fsp3) is 0.538. The maximum absolute atomic E-state index is 13.5. The largest absolute Gasteiger partial charge is 0.507 e. The first kappa shape index (κ1) is 29.1. The second kappa shape index (κ2) is 10.3. The number of carboxylic acid groups (broad SMARTS) is 1. The zero-order valence-electron chi connectivity index (χ0n) is 23.3. The third-order valence-corrected chi connectivity index (χ3v) is 9.17. The summed E-state index contributed by atoms with van der Waals surface area (Å²) in [5, 5.41) is 32.3. The summed E-state index contributed by atoms with van der Waals surface area (Å²) < 4.78 is 7.19. The zero-order chi connectivity index (χ0) is 28.9. The van der Waals surface area contributed by atoms with E-state index in [-0.39, 0.29) is 22.3 Å². The number of hydrogen-bond donors (Lipinski definition) is 2. The number of nitrogens with zero attached hydrogens (tertiary/aromatic N) is 6. The number of benzene rings is 1. The Kier molecular flexibility index (Phi) is 7.65. The molecule has 0 spiro atoms. The number of thioether (sulfide) groups is 2. The number of aliphatic imine (C=N–C) groups is 1. The Morgan fingerprint density at radius 3 is 2.36 bits per heavy atom. The first-order valence-corrected chi connectivity index (χ1v) is 14.4. The molecular weight excluding hydrogens is 540 g/mol. The van der Waals surface area contributed by atoms with Gasteiger partial charge >= 0.3 is 5.97 Å². The van der Waals surface area contributed by atoms with E-state index < -0.39 is 23.0 Å². The number of hydrogen-bond acceptors (Lipinski definition) is 10. The van der Waals surface area contributed by atoms with Crippen LogP contribution >= 0.6 is 23.5 Å². The standard InChI is InChI=1S/C26H34N6O5S2/c1-24(2,3)16-9-14(10-17(19(16)33)25(4,5)6)11-27-26(37-8)21(36)32-18(20(34)35)15(12-38-22(26)32)13-39-23-28-29-30-31(23)7/h9-11,22,33H,12-13H2,1-8H3,(H,34,35)/b27-11+/t22?,26-/m1/s1. The minimum atomic E-state index is -1.56. The topological polar surface area (TPSA) is 143 Å². The van der Waals surface area contributed by atoms with Gasteiger partial charge in [-0.25, -0.2) is 14.5 Å². The van der Waals surface area contributed by atoms with Crippen molar-refractivity contribution in [3.63, 3.8) is 0 Å². The highest BCUT2D eigenvalue weighted by Crippen LogP contribution is 2.49. The van der Waals surface area contributed by atoms with Crippen molar-refractivity contribution in [2.75, 3.05) is 18.6 Å². The first-order valence-electron chi connectivity index (χ1n) is 12.4. The van der Waals surface area contributed by atoms with E-state index in [2.05, 4.69) is 20.5 Å². The van der Waals surface area contributed by atoms with Gasteiger partial charge in [-0.15, -0.1) is 16.9 Å². The highest BCUT2D eigenvalue weighted by atomic mass is 32.2. The summed E-state index contributed by atoms with van der Waals surface area (Å²) in [4.78, 5) is 31.7. The van der Waals surface area contributed by atoms with E-state index in [1.807, 2.05) is 53.7 Å². The van der Waals surface area contributed by atoms with Gasteiger partial charge in [-0.2, -0.15) is 0 Å². The third kappa shape index (κ3) is 5.19. The van der Waals surface area contributed by atoms with E-state index in [0.29, 0.717) is 22.2 Å². The van der Waals surface area contributed by atoms with Gasteiger partial charge < -0.3 is 14.9 Å². The Labute approximate surface area is 236 Å². The molecule has 1 unspecified atom stereocenters. The normalized spacial score (nSPS) is 21.9. The van der Waals surface area contributed by atoms with Gasteiger partial charge in [0.1, 0.15) is 16.8 Å². The summed E-state index contributed by atoms with van der Waals surface area (Å²) in [6.45, 7) is 12.1. The van der Waals surface area contributed by atoms with Crippen molar-refractivity contribution in [2.24, 2.45) is 12.0 Å². The summed E-state index contributed by atoms with van der Waals surface area (Å²) in [7, 11) is 3.11. The smallest absolute Gasteiger partial charge is 0.352 e. The van der Waals surface area contributed by atoms with Crippen molar-refractivity contribution in [3.05, 3.63) is 40.1 Å². The van der Waals surface area contributed by atoms with E-state index in [9.17, 15) is 19.8 Å². The van der Waals surface area contributed by atoms with Crippen LogP contribution in [-0.2, 0) is 32.2 Å². The lowest BCUT2D eigenvalue weighted by Crippen LogP contribution is -2.73. The van der Waals surface area contributed by atoms with Crippen LogP contribution in [0.5, 0.6) is 5.75 Å².